The van der Waals surface area contributed by atoms with Crippen LogP contribution in [0.4, 0.5) is 0 Å². The molecule has 1 aromatic rings. The summed E-state index contributed by atoms with van der Waals surface area (Å²) in [7, 11) is 1.81. The Balaban J connectivity index is 1.84. The number of aryl methyl sites for hydroxylation is 1. The van der Waals surface area contributed by atoms with Crippen LogP contribution in [0.3, 0.4) is 0 Å². The molecule has 0 saturated carbocycles. The smallest absolute Gasteiger partial charge is 0.204 e. The van der Waals surface area contributed by atoms with Gasteiger partial charge in [-0.3, -0.25) is 4.79 Å². The van der Waals surface area contributed by atoms with Gasteiger partial charge >= 0.3 is 0 Å². The van der Waals surface area contributed by atoms with E-state index in [0.717, 1.165) is 12.8 Å². The minimum atomic E-state index is 0.117. The maximum atomic E-state index is 12.2. The maximum absolute atomic E-state index is 12.2. The van der Waals surface area contributed by atoms with Gasteiger partial charge < -0.3 is 9.88 Å². The molecule has 3 atom stereocenters. The van der Waals surface area contributed by atoms with Gasteiger partial charge in [-0.1, -0.05) is 0 Å². The van der Waals surface area contributed by atoms with Crippen LogP contribution in [0.1, 0.15) is 29.9 Å². The fraction of sp³-hybridized carbons (Fsp3) is 0.700. The van der Waals surface area contributed by atoms with E-state index in [1.807, 2.05) is 7.05 Å². The summed E-state index contributed by atoms with van der Waals surface area (Å²) in [5.41, 5.74) is 0. The van der Waals surface area contributed by atoms with Crippen LogP contribution < -0.4 is 5.32 Å². The molecule has 3 rings (SSSR count). The van der Waals surface area contributed by atoms with Crippen LogP contribution in [0.2, 0.25) is 0 Å². The van der Waals surface area contributed by atoms with E-state index in [4.69, 9.17) is 0 Å². The zero-order valence-electron chi connectivity index (χ0n) is 8.68. The van der Waals surface area contributed by atoms with Crippen molar-refractivity contribution in [2.24, 2.45) is 13.0 Å². The van der Waals surface area contributed by atoms with Crippen LogP contribution in [0.15, 0.2) is 6.33 Å². The average molecular weight is 206 g/mol. The molecule has 0 aromatic carbocycles. The van der Waals surface area contributed by atoms with Crippen LogP contribution in [-0.2, 0) is 7.05 Å². The van der Waals surface area contributed by atoms with Gasteiger partial charge in [0.05, 0.1) is 0 Å². The number of hydrogen-bond donors (Lipinski definition) is 1. The van der Waals surface area contributed by atoms with Gasteiger partial charge in [-0.2, -0.15) is 0 Å². The molecule has 0 aliphatic carbocycles. The highest BCUT2D eigenvalue weighted by Crippen LogP contribution is 2.34. The molecule has 0 radical (unpaired) electrons. The first-order valence-electron chi connectivity index (χ1n) is 5.40. The SMILES string of the molecule is Cn1cnnc1C(=O)C1CC2CCC1N2. The molecule has 5 heteroatoms. The van der Waals surface area contributed by atoms with Crippen molar-refractivity contribution in [3.05, 3.63) is 12.2 Å². The number of nitrogens with zero attached hydrogens (tertiary/aromatic N) is 3. The fourth-order valence-corrected chi connectivity index (χ4v) is 2.79. The molecule has 2 fully saturated rings. The Morgan fingerprint density at radius 2 is 2.47 bits per heavy atom. The van der Waals surface area contributed by atoms with Crippen molar-refractivity contribution in [1.82, 2.24) is 20.1 Å². The van der Waals surface area contributed by atoms with E-state index in [2.05, 4.69) is 15.5 Å². The minimum Gasteiger partial charge on any atom is -0.314 e. The summed E-state index contributed by atoms with van der Waals surface area (Å²) < 4.78 is 1.70. The molecule has 1 N–H and O–H groups in total. The number of hydrogen-bond acceptors (Lipinski definition) is 4. The van der Waals surface area contributed by atoms with Crippen LogP contribution >= 0.6 is 0 Å². The Bertz CT molecular complexity index is 400. The highest BCUT2D eigenvalue weighted by molar-refractivity contribution is 5.95. The van der Waals surface area contributed by atoms with Crippen molar-refractivity contribution >= 4 is 5.78 Å². The summed E-state index contributed by atoms with van der Waals surface area (Å²) in [4.78, 5) is 12.2. The third-order valence-electron chi connectivity index (χ3n) is 3.57. The predicted octanol–water partition coefficient (Wildman–Crippen LogP) is 0.138. The van der Waals surface area contributed by atoms with E-state index in [-0.39, 0.29) is 11.7 Å². The first kappa shape index (κ1) is 9.03. The number of carbonyl (C=O) groups excluding carboxylic acids is 1. The molecule has 3 heterocycles. The summed E-state index contributed by atoms with van der Waals surface area (Å²) >= 11 is 0. The summed E-state index contributed by atoms with van der Waals surface area (Å²) in [6, 6.07) is 0.927. The Kier molecular flexibility index (Phi) is 1.88. The topological polar surface area (TPSA) is 59.8 Å². The quantitative estimate of drug-likeness (QED) is 0.699. The molecule has 2 saturated heterocycles. The first-order valence-corrected chi connectivity index (χ1v) is 5.40. The molecule has 2 aliphatic rings. The van der Waals surface area contributed by atoms with Crippen LogP contribution in [0.25, 0.3) is 0 Å². The van der Waals surface area contributed by atoms with Crippen LogP contribution in [0.5, 0.6) is 0 Å². The second-order valence-corrected chi connectivity index (χ2v) is 4.52. The summed E-state index contributed by atoms with van der Waals surface area (Å²) in [6.07, 6.45) is 4.89. The highest BCUT2D eigenvalue weighted by atomic mass is 16.1. The van der Waals surface area contributed by atoms with Crippen molar-refractivity contribution in [3.8, 4) is 0 Å². The fourth-order valence-electron chi connectivity index (χ4n) is 2.79. The van der Waals surface area contributed by atoms with Crippen molar-refractivity contribution < 1.29 is 4.79 Å². The van der Waals surface area contributed by atoms with Crippen LogP contribution in [0, 0.1) is 5.92 Å². The van der Waals surface area contributed by atoms with Gasteiger partial charge in [0.15, 0.2) is 5.82 Å². The third-order valence-corrected chi connectivity index (χ3v) is 3.57. The Hall–Kier alpha value is -1.23. The van der Waals surface area contributed by atoms with E-state index in [0.29, 0.717) is 17.9 Å². The van der Waals surface area contributed by atoms with Crippen LogP contribution in [-0.4, -0.2) is 32.6 Å². The molecular weight excluding hydrogens is 192 g/mol. The standard InChI is InChI=1S/C10H14N4O/c1-14-5-11-13-10(14)9(15)7-4-6-2-3-8(7)12-6/h5-8,12H,2-4H2,1H3. The Morgan fingerprint density at radius 3 is 3.00 bits per heavy atom. The molecule has 0 spiro atoms. The van der Waals surface area contributed by atoms with Gasteiger partial charge in [-0.05, 0) is 19.3 Å². The van der Waals surface area contributed by atoms with Gasteiger partial charge in [-0.25, -0.2) is 0 Å². The molecule has 2 bridgehead atoms. The largest absolute Gasteiger partial charge is 0.314 e. The number of rotatable bonds is 2. The summed E-state index contributed by atoms with van der Waals surface area (Å²) in [5, 5.41) is 11.1. The normalized spacial score (nSPS) is 33.5. The first-order chi connectivity index (χ1) is 7.25. The van der Waals surface area contributed by atoms with E-state index >= 15 is 0 Å². The van der Waals surface area contributed by atoms with E-state index < -0.39 is 0 Å². The molecule has 0 amide bonds. The van der Waals surface area contributed by atoms with E-state index in [9.17, 15) is 4.79 Å². The molecule has 80 valence electrons. The second kappa shape index (κ2) is 3.13. The molecule has 1 aromatic heterocycles. The predicted molar refractivity (Wildman–Crippen MR) is 53.4 cm³/mol. The second-order valence-electron chi connectivity index (χ2n) is 4.52. The Morgan fingerprint density at radius 1 is 1.60 bits per heavy atom. The number of fused-ring (bicyclic) bond motifs is 2. The monoisotopic (exact) mass is 206 g/mol. The lowest BCUT2D eigenvalue weighted by atomic mass is 9.86. The van der Waals surface area contributed by atoms with Crippen molar-refractivity contribution in [2.45, 2.75) is 31.3 Å². The lowest BCUT2D eigenvalue weighted by Gasteiger charge is -2.17. The highest BCUT2D eigenvalue weighted by Gasteiger charge is 2.43. The number of Topliss-reactive ketones (excluding diaryl/α,β-unsaturated/α-hetero) is 1. The average Bonchev–Trinajstić information content (AvgIpc) is 2.91. The van der Waals surface area contributed by atoms with Gasteiger partial charge in [0.1, 0.15) is 6.33 Å². The van der Waals surface area contributed by atoms with Gasteiger partial charge in [0.2, 0.25) is 5.78 Å². The molecule has 3 unspecified atom stereocenters. The van der Waals surface area contributed by atoms with Crippen molar-refractivity contribution in [1.29, 1.82) is 0 Å². The van der Waals surface area contributed by atoms with Gasteiger partial charge in [0, 0.05) is 25.0 Å². The lowest BCUT2D eigenvalue weighted by molar-refractivity contribution is 0.0886. The maximum Gasteiger partial charge on any atom is 0.204 e. The van der Waals surface area contributed by atoms with Gasteiger partial charge in [-0.15, -0.1) is 10.2 Å². The molecule has 5 nitrogen and oxygen atoms in total. The third kappa shape index (κ3) is 1.30. The minimum absolute atomic E-state index is 0.117. The molecule has 15 heavy (non-hydrogen) atoms. The number of carbonyl (C=O) groups is 1. The zero-order valence-corrected chi connectivity index (χ0v) is 8.68. The number of ketones is 1. The zero-order chi connectivity index (χ0) is 10.4. The van der Waals surface area contributed by atoms with Gasteiger partial charge in [0.25, 0.3) is 0 Å². The van der Waals surface area contributed by atoms with E-state index in [1.165, 1.54) is 6.42 Å². The number of aromatic nitrogens is 3. The summed E-state index contributed by atoms with van der Waals surface area (Å²) in [5.74, 6) is 0.760. The molecular formula is C10H14N4O. The summed E-state index contributed by atoms with van der Waals surface area (Å²) in [6.45, 7) is 0. The molecule has 2 aliphatic heterocycles. The van der Waals surface area contributed by atoms with E-state index in [1.54, 1.807) is 10.9 Å². The van der Waals surface area contributed by atoms with Crippen molar-refractivity contribution in [3.63, 3.8) is 0 Å². The van der Waals surface area contributed by atoms with Crippen molar-refractivity contribution in [2.75, 3.05) is 0 Å². The lowest BCUT2D eigenvalue weighted by Crippen LogP contribution is -2.30. The number of nitrogens with one attached hydrogen (secondary N) is 1. The Labute approximate surface area is 87.9 Å².